The van der Waals surface area contributed by atoms with Gasteiger partial charge in [-0.15, -0.1) is 47.3 Å². The Hall–Kier alpha value is 0.190. The molecule has 2 aromatic carbocycles. The Morgan fingerprint density at radius 1 is 0.829 bits per heavy atom. The fourth-order valence-electron chi connectivity index (χ4n) is 6.13. The van der Waals surface area contributed by atoms with E-state index in [0.717, 1.165) is 11.3 Å². The summed E-state index contributed by atoms with van der Waals surface area (Å²) in [5.41, 5.74) is 6.43. The number of hydrogen-bond acceptors (Lipinski definition) is 0. The summed E-state index contributed by atoms with van der Waals surface area (Å²) in [5, 5.41) is 4.67. The van der Waals surface area contributed by atoms with Crippen LogP contribution >= 0.6 is 7.92 Å². The molecule has 190 valence electrons. The van der Waals surface area contributed by atoms with Crippen molar-refractivity contribution in [1.82, 2.24) is 0 Å². The smallest absolute Gasteiger partial charge is 1.00 e. The summed E-state index contributed by atoms with van der Waals surface area (Å²) in [6, 6.07) is 14.1. The molecule has 3 aliphatic carbocycles. The molecule has 0 spiro atoms. The largest absolute Gasteiger partial charge is 4.00 e. The minimum atomic E-state index is 0. The quantitative estimate of drug-likeness (QED) is 0.263. The fraction of sp³-hybridized carbons (Fsp3) is 0.581. The summed E-state index contributed by atoms with van der Waals surface area (Å²) >= 11 is 0. The van der Waals surface area contributed by atoms with Crippen LogP contribution in [0.2, 0.25) is 0 Å². The van der Waals surface area contributed by atoms with Crippen molar-refractivity contribution in [1.29, 1.82) is 0 Å². The normalized spacial score (nSPS) is 20.3. The molecular weight excluding hydrogens is 653 g/mol. The molecular formula is C31H43Cl2HfP. The molecule has 0 aliphatic heterocycles. The molecule has 0 nitrogen and oxygen atoms in total. The molecule has 0 radical (unpaired) electrons. The van der Waals surface area contributed by atoms with Gasteiger partial charge in [-0.2, -0.15) is 17.2 Å². The third kappa shape index (κ3) is 8.09. The summed E-state index contributed by atoms with van der Waals surface area (Å²) < 4.78 is 0. The van der Waals surface area contributed by atoms with Crippen LogP contribution in [-0.4, -0.2) is 11.3 Å². The first kappa shape index (κ1) is 33.2. The first-order valence-electron chi connectivity index (χ1n) is 13.1. The second kappa shape index (κ2) is 15.0. The van der Waals surface area contributed by atoms with Crippen molar-refractivity contribution in [2.45, 2.75) is 110 Å². The molecule has 0 saturated heterocycles. The number of allylic oxidation sites excluding steroid dienone is 4. The summed E-state index contributed by atoms with van der Waals surface area (Å²) in [6.45, 7) is 10.9. The van der Waals surface area contributed by atoms with E-state index in [4.69, 9.17) is 0 Å². The third-order valence-corrected chi connectivity index (χ3v) is 11.9. The zero-order valence-electron chi connectivity index (χ0n) is 22.4. The standard InChI is InChI=1S/C21H28P.C10H15.2ClH.Hf/c1-3-11-19(12-4-1)22(20-13-5-2-6-14-20)21-15-17-9-7-8-10-18(17)16-21;1-7-6-10(4,5)9(3)8(7)2;;;/h7-10,15-16,19-20H,1-6,11-14H2;1-5H3;2*1H;/q2*-1;;;+4/p-2. The number of fused-ring (bicyclic) bond motifs is 1. The van der Waals surface area contributed by atoms with Crippen molar-refractivity contribution in [2.24, 2.45) is 5.41 Å². The van der Waals surface area contributed by atoms with Crippen LogP contribution in [0.1, 0.15) is 98.8 Å². The van der Waals surface area contributed by atoms with Gasteiger partial charge in [-0.1, -0.05) is 85.6 Å². The average molecular weight is 696 g/mol. The predicted octanol–water partition coefficient (Wildman–Crippen LogP) is 3.45. The van der Waals surface area contributed by atoms with E-state index in [9.17, 15) is 0 Å². The molecule has 5 rings (SSSR count). The Bertz CT molecular complexity index is 924. The van der Waals surface area contributed by atoms with Gasteiger partial charge in [0.05, 0.1) is 0 Å². The van der Waals surface area contributed by atoms with Crippen molar-refractivity contribution in [2.75, 3.05) is 0 Å². The van der Waals surface area contributed by atoms with Crippen molar-refractivity contribution in [3.8, 4) is 0 Å². The van der Waals surface area contributed by atoms with Crippen molar-refractivity contribution in [3.05, 3.63) is 59.2 Å². The number of hydrogen-bond donors (Lipinski definition) is 0. The minimum Gasteiger partial charge on any atom is -1.00 e. The monoisotopic (exact) mass is 696 g/mol. The third-order valence-electron chi connectivity index (χ3n) is 8.40. The number of halogens is 2. The first-order chi connectivity index (χ1) is 15.4. The molecule has 35 heavy (non-hydrogen) atoms. The SMILES string of the molecule is CC1=[C-]C(C)(C)C(C)=C1C.[Cl-].[Cl-].[Hf+4].c1ccc2[cH-]c(P(C3CCCCC3)C3CCCCC3)cc2c1. The molecule has 2 saturated carbocycles. The topological polar surface area (TPSA) is 0 Å². The van der Waals surface area contributed by atoms with Crippen LogP contribution in [0.5, 0.6) is 0 Å². The van der Waals surface area contributed by atoms with E-state index in [-0.39, 0.29) is 64.0 Å². The maximum Gasteiger partial charge on any atom is 4.00 e. The summed E-state index contributed by atoms with van der Waals surface area (Å²) in [6.07, 6.45) is 18.3. The van der Waals surface area contributed by atoms with E-state index in [1.165, 1.54) is 91.7 Å². The maximum absolute atomic E-state index is 3.44. The molecule has 0 aromatic heterocycles. The summed E-state index contributed by atoms with van der Waals surface area (Å²) in [7, 11) is 0.0611. The zero-order chi connectivity index (χ0) is 22.7. The van der Waals surface area contributed by atoms with Gasteiger partial charge in [-0.25, -0.2) is 5.57 Å². The van der Waals surface area contributed by atoms with Gasteiger partial charge in [0.15, 0.2) is 0 Å². The van der Waals surface area contributed by atoms with Crippen LogP contribution in [0.15, 0.2) is 53.1 Å². The molecule has 3 aliphatic rings. The van der Waals surface area contributed by atoms with Crippen LogP contribution in [0.25, 0.3) is 10.8 Å². The van der Waals surface area contributed by atoms with Gasteiger partial charge in [-0.05, 0) is 37.0 Å². The predicted molar refractivity (Wildman–Crippen MR) is 144 cm³/mol. The van der Waals surface area contributed by atoms with Gasteiger partial charge >= 0.3 is 25.8 Å². The fourth-order valence-corrected chi connectivity index (χ4v) is 9.99. The van der Waals surface area contributed by atoms with Crippen LogP contribution in [0.3, 0.4) is 0 Å². The summed E-state index contributed by atoms with van der Waals surface area (Å²) in [5.74, 6) is 0. The zero-order valence-corrected chi connectivity index (χ0v) is 28.4. The molecule has 0 bridgehead atoms. The van der Waals surface area contributed by atoms with Gasteiger partial charge in [-0.3, -0.25) is 6.08 Å². The van der Waals surface area contributed by atoms with Crippen molar-refractivity contribution >= 4 is 24.0 Å². The maximum atomic E-state index is 3.44. The summed E-state index contributed by atoms with van der Waals surface area (Å²) in [4.78, 5) is 0. The van der Waals surface area contributed by atoms with E-state index in [0.29, 0.717) is 0 Å². The van der Waals surface area contributed by atoms with Gasteiger partial charge < -0.3 is 24.8 Å². The number of rotatable bonds is 3. The van der Waals surface area contributed by atoms with Crippen LogP contribution < -0.4 is 30.1 Å². The average Bonchev–Trinajstić information content (AvgIpc) is 3.30. The Kier molecular flexibility index (Phi) is 14.2. The second-order valence-corrected chi connectivity index (χ2v) is 13.7. The van der Waals surface area contributed by atoms with Crippen molar-refractivity contribution < 1.29 is 50.7 Å². The van der Waals surface area contributed by atoms with Crippen LogP contribution in [0.4, 0.5) is 0 Å². The Balaban J connectivity index is 0.000000407. The molecule has 0 heterocycles. The molecule has 2 aromatic rings. The molecule has 2 fully saturated rings. The Morgan fingerprint density at radius 2 is 1.34 bits per heavy atom. The van der Waals surface area contributed by atoms with E-state index in [1.807, 2.05) is 0 Å². The van der Waals surface area contributed by atoms with Gasteiger partial charge in [0.25, 0.3) is 0 Å². The molecule has 0 unspecified atom stereocenters. The van der Waals surface area contributed by atoms with Gasteiger partial charge in [0, 0.05) is 0 Å². The number of benzene rings is 1. The minimum absolute atomic E-state index is 0. The van der Waals surface area contributed by atoms with E-state index in [1.54, 1.807) is 5.30 Å². The molecule has 0 atom stereocenters. The molecule has 0 amide bonds. The van der Waals surface area contributed by atoms with Gasteiger partial charge in [0.1, 0.15) is 0 Å². The van der Waals surface area contributed by atoms with E-state index >= 15 is 0 Å². The molecule has 4 heteroatoms. The first-order valence-corrected chi connectivity index (χ1v) is 14.6. The van der Waals surface area contributed by atoms with Crippen LogP contribution in [-0.2, 0) is 25.8 Å². The van der Waals surface area contributed by atoms with Crippen LogP contribution in [0, 0.1) is 11.5 Å². The van der Waals surface area contributed by atoms with E-state index < -0.39 is 0 Å². The van der Waals surface area contributed by atoms with Gasteiger partial charge in [0.2, 0.25) is 0 Å². The second-order valence-electron chi connectivity index (χ2n) is 11.0. The van der Waals surface area contributed by atoms with Crippen molar-refractivity contribution in [3.63, 3.8) is 0 Å². The Morgan fingerprint density at radius 3 is 1.74 bits per heavy atom. The molecule has 0 N–H and O–H groups in total. The van der Waals surface area contributed by atoms with E-state index in [2.05, 4.69) is 77.1 Å². The Labute approximate surface area is 247 Å².